The second-order valence-corrected chi connectivity index (χ2v) is 2.64. The molecule has 0 aliphatic carbocycles. The van der Waals surface area contributed by atoms with E-state index in [0.717, 1.165) is 7.05 Å². The summed E-state index contributed by atoms with van der Waals surface area (Å²) in [4.78, 5) is 10.3. The van der Waals surface area contributed by atoms with Crippen LogP contribution in [0, 0.1) is 5.21 Å². The minimum Gasteiger partial charge on any atom is -0.632 e. The molecule has 1 atom stereocenters. The van der Waals surface area contributed by atoms with Crippen LogP contribution in [-0.4, -0.2) is 24.8 Å². The van der Waals surface area contributed by atoms with E-state index in [4.69, 9.17) is 22.9 Å². The zero-order chi connectivity index (χ0) is 10.9. The Hall–Kier alpha value is -0.970. The monoisotopic (exact) mass is 194 g/mol. The molecule has 1 unspecified atom stereocenters. The molecule has 13 heavy (non-hydrogen) atoms. The van der Waals surface area contributed by atoms with E-state index in [1.807, 2.05) is 0 Å². The summed E-state index contributed by atoms with van der Waals surface area (Å²) in [6, 6.07) is 0. The average molecular weight is 194 g/mol. The molecule has 11 N–H and O–H groups in total. The lowest BCUT2D eigenvalue weighted by Gasteiger charge is -2.42. The lowest BCUT2D eigenvalue weighted by molar-refractivity contribution is -0.895. The van der Waals surface area contributed by atoms with Gasteiger partial charge < -0.3 is 20.7 Å². The van der Waals surface area contributed by atoms with Crippen LogP contribution < -0.4 is 33.7 Å². The maximum Gasteiger partial charge on any atom is 0.407 e. The van der Waals surface area contributed by atoms with Crippen molar-refractivity contribution in [2.75, 3.05) is 7.05 Å². The van der Waals surface area contributed by atoms with Gasteiger partial charge in [-0.1, -0.05) is 0 Å². The largest absolute Gasteiger partial charge is 0.632 e. The summed E-state index contributed by atoms with van der Waals surface area (Å²) < 4.78 is 4.19. The molecule has 0 bridgehead atoms. The molecule has 0 aromatic rings. The summed E-state index contributed by atoms with van der Waals surface area (Å²) in [5.74, 6) is -4.51. The van der Waals surface area contributed by atoms with Crippen molar-refractivity contribution in [1.82, 2.24) is 0 Å². The SMILES string of the molecule is C[NH+]([O-])C(N)(N)C(N)(N)OC(N)=O. The van der Waals surface area contributed by atoms with E-state index in [1.165, 1.54) is 0 Å². The van der Waals surface area contributed by atoms with E-state index >= 15 is 0 Å². The van der Waals surface area contributed by atoms with Gasteiger partial charge in [0.15, 0.2) is 0 Å². The van der Waals surface area contributed by atoms with E-state index in [1.54, 1.807) is 0 Å². The number of likely N-dealkylation sites (N-methyl/N-ethyl adjacent to an activating group) is 1. The quantitative estimate of drug-likeness (QED) is 0.192. The summed E-state index contributed by atoms with van der Waals surface area (Å²) in [7, 11) is 1.05. The maximum atomic E-state index is 10.9. The highest BCUT2D eigenvalue weighted by Crippen LogP contribution is 2.00. The number of hydrogen-bond acceptors (Lipinski definition) is 7. The van der Waals surface area contributed by atoms with Crippen molar-refractivity contribution < 1.29 is 14.6 Å². The Morgan fingerprint density at radius 3 is 2.00 bits per heavy atom. The van der Waals surface area contributed by atoms with Crippen molar-refractivity contribution in [2.24, 2.45) is 28.7 Å². The zero-order valence-electron chi connectivity index (χ0n) is 7.11. The van der Waals surface area contributed by atoms with Gasteiger partial charge in [0.1, 0.15) is 0 Å². The van der Waals surface area contributed by atoms with Crippen LogP contribution in [0.5, 0.6) is 0 Å². The number of primary amides is 1. The molecule has 0 aromatic heterocycles. The van der Waals surface area contributed by atoms with E-state index in [0.29, 0.717) is 0 Å². The molecule has 0 aliphatic heterocycles. The van der Waals surface area contributed by atoms with Crippen LogP contribution in [0.15, 0.2) is 0 Å². The summed E-state index contributed by atoms with van der Waals surface area (Å²) in [5, 5.41) is 10.1. The third kappa shape index (κ3) is 2.48. The Balaban J connectivity index is 4.70. The molecule has 9 nitrogen and oxygen atoms in total. The summed E-state index contributed by atoms with van der Waals surface area (Å²) in [6.45, 7) is 0. The van der Waals surface area contributed by atoms with Gasteiger partial charge in [0, 0.05) is 0 Å². The van der Waals surface area contributed by atoms with E-state index in [-0.39, 0.29) is 0 Å². The van der Waals surface area contributed by atoms with Crippen LogP contribution in [0.3, 0.4) is 0 Å². The van der Waals surface area contributed by atoms with Gasteiger partial charge in [-0.05, 0) is 0 Å². The molecule has 0 heterocycles. The smallest absolute Gasteiger partial charge is 0.407 e. The molecular formula is C4H14N6O3. The van der Waals surface area contributed by atoms with Crippen molar-refractivity contribution in [2.45, 2.75) is 11.6 Å². The fourth-order valence-corrected chi connectivity index (χ4v) is 0.526. The predicted molar refractivity (Wildman–Crippen MR) is 43.1 cm³/mol. The van der Waals surface area contributed by atoms with Gasteiger partial charge in [0.2, 0.25) is 0 Å². The standard InChI is InChI=1S/C4H14N6O3/c1-10(12)3(6,7)4(8,9)13-2(5)11/h10H,6-9H2,1H3,(H2,5,11). The summed E-state index contributed by atoms with van der Waals surface area (Å²) in [5.41, 5.74) is 25.5. The number of amides is 1. The van der Waals surface area contributed by atoms with Crippen molar-refractivity contribution in [1.29, 1.82) is 0 Å². The number of carbonyl (C=O) groups is 1. The summed E-state index contributed by atoms with van der Waals surface area (Å²) in [6.07, 6.45) is -1.27. The minimum atomic E-state index is -2.33. The van der Waals surface area contributed by atoms with Crippen LogP contribution in [0.2, 0.25) is 0 Å². The van der Waals surface area contributed by atoms with Crippen LogP contribution in [0.4, 0.5) is 4.79 Å². The number of ether oxygens (including phenoxy) is 1. The number of nitrogens with two attached hydrogens (primary N) is 5. The first-order valence-corrected chi connectivity index (χ1v) is 3.26. The molecule has 9 heteroatoms. The first kappa shape index (κ1) is 12.0. The highest BCUT2D eigenvalue weighted by atomic mass is 16.6. The van der Waals surface area contributed by atoms with E-state index in [9.17, 15) is 10.0 Å². The number of nitrogens with one attached hydrogen (secondary N) is 1. The van der Waals surface area contributed by atoms with Gasteiger partial charge in [0.05, 0.1) is 7.05 Å². The number of carbonyl (C=O) groups excluding carboxylic acids is 1. The van der Waals surface area contributed by atoms with Gasteiger partial charge in [-0.3, -0.25) is 22.9 Å². The van der Waals surface area contributed by atoms with Gasteiger partial charge in [-0.2, -0.15) is 0 Å². The molecule has 0 aromatic carbocycles. The first-order valence-electron chi connectivity index (χ1n) is 3.26. The van der Waals surface area contributed by atoms with E-state index < -0.39 is 22.8 Å². The lowest BCUT2D eigenvalue weighted by atomic mass is 10.2. The predicted octanol–water partition coefficient (Wildman–Crippen LogP) is -4.76. The fraction of sp³-hybridized carbons (Fsp3) is 0.750. The number of hydrogen-bond donors (Lipinski definition) is 6. The molecule has 0 saturated carbocycles. The Labute approximate surface area is 74.3 Å². The second-order valence-electron chi connectivity index (χ2n) is 2.64. The molecule has 0 spiro atoms. The normalized spacial score (nSPS) is 15.2. The average Bonchev–Trinajstić information content (AvgIpc) is 1.83. The summed E-state index contributed by atoms with van der Waals surface area (Å²) >= 11 is 0. The Morgan fingerprint density at radius 1 is 1.38 bits per heavy atom. The van der Waals surface area contributed by atoms with Crippen molar-refractivity contribution >= 4 is 6.09 Å². The molecule has 78 valence electrons. The molecule has 0 rings (SSSR count). The van der Waals surface area contributed by atoms with E-state index in [2.05, 4.69) is 10.5 Å². The molecule has 0 radical (unpaired) electrons. The van der Waals surface area contributed by atoms with Crippen LogP contribution in [0.25, 0.3) is 0 Å². The van der Waals surface area contributed by atoms with Crippen molar-refractivity contribution in [3.05, 3.63) is 5.21 Å². The van der Waals surface area contributed by atoms with Crippen LogP contribution in [0.1, 0.15) is 0 Å². The van der Waals surface area contributed by atoms with Gasteiger partial charge in [-0.15, -0.1) is 0 Å². The Bertz CT molecular complexity index is 202. The van der Waals surface area contributed by atoms with Crippen molar-refractivity contribution in [3.8, 4) is 0 Å². The molecule has 0 saturated heterocycles. The van der Waals surface area contributed by atoms with Gasteiger partial charge >= 0.3 is 11.9 Å². The van der Waals surface area contributed by atoms with Crippen LogP contribution >= 0.6 is 0 Å². The molecule has 0 fully saturated rings. The number of hydroxylamine groups is 2. The van der Waals surface area contributed by atoms with Crippen molar-refractivity contribution in [3.63, 3.8) is 0 Å². The highest BCUT2D eigenvalue weighted by molar-refractivity contribution is 5.65. The maximum absolute atomic E-state index is 10.9. The molecule has 0 aliphatic rings. The number of rotatable bonds is 3. The molecule has 1 amide bonds. The van der Waals surface area contributed by atoms with Gasteiger partial charge in [-0.25, -0.2) is 4.79 Å². The lowest BCUT2D eigenvalue weighted by Crippen LogP contribution is -3.23. The second kappa shape index (κ2) is 3.41. The van der Waals surface area contributed by atoms with Crippen LogP contribution in [-0.2, 0) is 4.74 Å². The van der Waals surface area contributed by atoms with Gasteiger partial charge in [0.25, 0.3) is 5.79 Å². The Kier molecular flexibility index (Phi) is 3.16. The Morgan fingerprint density at radius 2 is 1.77 bits per heavy atom. The third-order valence-corrected chi connectivity index (χ3v) is 1.50. The zero-order valence-corrected chi connectivity index (χ0v) is 7.11. The topological polar surface area (TPSA) is 184 Å². The first-order chi connectivity index (χ1) is 5.61. The minimum absolute atomic E-state index is 0.737. The number of quaternary nitrogens is 1. The molecular weight excluding hydrogens is 180 g/mol. The fourth-order valence-electron chi connectivity index (χ4n) is 0.526. The third-order valence-electron chi connectivity index (χ3n) is 1.50. The highest BCUT2D eigenvalue weighted by Gasteiger charge is 2.49.